The number of hydrogen-bond acceptors (Lipinski definition) is 2. The predicted octanol–water partition coefficient (Wildman–Crippen LogP) is 4.71. The summed E-state index contributed by atoms with van der Waals surface area (Å²) in [6.07, 6.45) is 2.87. The number of amides is 1. The van der Waals surface area contributed by atoms with Crippen molar-refractivity contribution in [1.29, 1.82) is 0 Å². The molecule has 1 aliphatic rings. The topological polar surface area (TPSA) is 20.3 Å². The Hall–Kier alpha value is -2.00. The Morgan fingerprint density at radius 1 is 1.04 bits per heavy atom. The lowest BCUT2D eigenvalue weighted by molar-refractivity contribution is -0.127. The van der Waals surface area contributed by atoms with Crippen LogP contribution < -0.4 is 0 Å². The van der Waals surface area contributed by atoms with Gasteiger partial charge in [0.05, 0.1) is 4.91 Å². The normalized spacial score (nSPS) is 14.7. The van der Waals surface area contributed by atoms with E-state index in [2.05, 4.69) is 43.3 Å². The van der Waals surface area contributed by atoms with Gasteiger partial charge in [-0.3, -0.25) is 4.79 Å². The summed E-state index contributed by atoms with van der Waals surface area (Å²) in [6, 6.07) is 18.6. The number of benzene rings is 2. The quantitative estimate of drug-likeness (QED) is 0.812. The fourth-order valence-electron chi connectivity index (χ4n) is 3.12. The largest absolute Gasteiger partial charge is 0.330 e. The lowest BCUT2D eigenvalue weighted by Gasteiger charge is -2.22. The van der Waals surface area contributed by atoms with Crippen LogP contribution in [0.2, 0.25) is 0 Å². The first-order valence-electron chi connectivity index (χ1n) is 7.93. The average Bonchev–Trinajstić information content (AvgIpc) is 2.70. The number of hydrogen-bond donors (Lipinski definition) is 0. The van der Waals surface area contributed by atoms with E-state index >= 15 is 0 Å². The number of allylic oxidation sites excluding steroid dienone is 1. The van der Waals surface area contributed by atoms with Crippen molar-refractivity contribution in [3.63, 3.8) is 0 Å². The predicted molar refractivity (Wildman–Crippen MR) is 97.9 cm³/mol. The van der Waals surface area contributed by atoms with Crippen molar-refractivity contribution >= 4 is 23.2 Å². The molecule has 0 spiro atoms. The molecule has 23 heavy (non-hydrogen) atoms. The minimum atomic E-state index is 0.148. The lowest BCUT2D eigenvalue weighted by Crippen LogP contribution is -2.29. The molecular formula is C20H21NOS. The van der Waals surface area contributed by atoms with Gasteiger partial charge in [0.2, 0.25) is 0 Å². The van der Waals surface area contributed by atoms with Crippen molar-refractivity contribution < 1.29 is 4.79 Å². The number of fused-ring (bicyclic) bond motifs is 1. The van der Waals surface area contributed by atoms with Gasteiger partial charge in [-0.25, -0.2) is 0 Å². The Morgan fingerprint density at radius 2 is 1.74 bits per heavy atom. The van der Waals surface area contributed by atoms with E-state index in [1.54, 1.807) is 11.8 Å². The van der Waals surface area contributed by atoms with Gasteiger partial charge in [-0.2, -0.15) is 0 Å². The standard InChI is InChI=1S/C20H21NOS/c1-3-17-18-12-8-7-11-16(18)14-21(20(22)19(17)23-2)13-15-9-5-4-6-10-15/h4-12H,3,13-14H2,1-2H3. The minimum Gasteiger partial charge on any atom is -0.330 e. The zero-order valence-electron chi connectivity index (χ0n) is 13.6. The third kappa shape index (κ3) is 3.20. The summed E-state index contributed by atoms with van der Waals surface area (Å²) in [4.78, 5) is 15.9. The minimum absolute atomic E-state index is 0.148. The van der Waals surface area contributed by atoms with Crippen molar-refractivity contribution in [3.05, 3.63) is 76.2 Å². The number of rotatable bonds is 4. The maximum atomic E-state index is 13.1. The zero-order valence-corrected chi connectivity index (χ0v) is 14.4. The fraction of sp³-hybridized carbons (Fsp3) is 0.250. The number of carbonyl (C=O) groups excluding carboxylic acids is 1. The Labute approximate surface area is 142 Å². The van der Waals surface area contributed by atoms with E-state index in [4.69, 9.17) is 0 Å². The molecule has 0 fully saturated rings. The molecule has 0 bridgehead atoms. The number of thioether (sulfide) groups is 1. The molecule has 0 saturated carbocycles. The van der Waals surface area contributed by atoms with Crippen LogP contribution in [0.1, 0.15) is 30.0 Å². The molecule has 0 unspecified atom stereocenters. The van der Waals surface area contributed by atoms with Gasteiger partial charge in [0.1, 0.15) is 0 Å². The molecule has 2 aromatic rings. The van der Waals surface area contributed by atoms with E-state index in [0.29, 0.717) is 13.1 Å². The Balaban J connectivity index is 2.04. The van der Waals surface area contributed by atoms with E-state index in [9.17, 15) is 4.79 Å². The molecular weight excluding hydrogens is 302 g/mol. The first-order valence-corrected chi connectivity index (χ1v) is 9.15. The second kappa shape index (κ2) is 7.05. The van der Waals surface area contributed by atoms with Gasteiger partial charge in [0.15, 0.2) is 0 Å². The number of nitrogens with zero attached hydrogens (tertiary/aromatic N) is 1. The van der Waals surface area contributed by atoms with Crippen molar-refractivity contribution in [2.24, 2.45) is 0 Å². The molecule has 3 rings (SSSR count). The molecule has 0 radical (unpaired) electrons. The molecule has 0 aliphatic carbocycles. The van der Waals surface area contributed by atoms with Crippen LogP contribution in [0.3, 0.4) is 0 Å². The van der Waals surface area contributed by atoms with E-state index in [1.165, 1.54) is 22.3 Å². The molecule has 1 amide bonds. The second-order valence-corrected chi connectivity index (χ2v) is 6.49. The van der Waals surface area contributed by atoms with Crippen LogP contribution in [0.4, 0.5) is 0 Å². The van der Waals surface area contributed by atoms with Crippen LogP contribution in [0.15, 0.2) is 59.5 Å². The van der Waals surface area contributed by atoms with Gasteiger partial charge >= 0.3 is 0 Å². The zero-order chi connectivity index (χ0) is 16.2. The van der Waals surface area contributed by atoms with Crippen LogP contribution in [0.25, 0.3) is 5.57 Å². The molecule has 0 saturated heterocycles. The van der Waals surface area contributed by atoms with Crippen LogP contribution in [-0.4, -0.2) is 17.1 Å². The van der Waals surface area contributed by atoms with E-state index in [-0.39, 0.29) is 5.91 Å². The first kappa shape index (κ1) is 15.9. The van der Waals surface area contributed by atoms with Gasteiger partial charge in [-0.15, -0.1) is 11.8 Å². The van der Waals surface area contributed by atoms with Gasteiger partial charge in [-0.05, 0) is 34.9 Å². The molecule has 0 atom stereocenters. The molecule has 1 aliphatic heterocycles. The molecule has 0 N–H and O–H groups in total. The Bertz CT molecular complexity index is 736. The summed E-state index contributed by atoms with van der Waals surface area (Å²) in [6.45, 7) is 3.44. The van der Waals surface area contributed by atoms with Gasteiger partial charge in [-0.1, -0.05) is 61.5 Å². The summed E-state index contributed by atoms with van der Waals surface area (Å²) in [5.41, 5.74) is 4.80. The highest BCUT2D eigenvalue weighted by atomic mass is 32.2. The molecule has 0 aromatic heterocycles. The summed E-state index contributed by atoms with van der Waals surface area (Å²) in [5.74, 6) is 0.148. The third-order valence-corrected chi connectivity index (χ3v) is 5.06. The second-order valence-electron chi connectivity index (χ2n) is 5.67. The number of carbonyl (C=O) groups is 1. The van der Waals surface area contributed by atoms with Crippen molar-refractivity contribution in [2.75, 3.05) is 6.26 Å². The van der Waals surface area contributed by atoms with Gasteiger partial charge in [0.25, 0.3) is 5.91 Å². The van der Waals surface area contributed by atoms with Crippen LogP contribution in [0, 0.1) is 0 Å². The van der Waals surface area contributed by atoms with Crippen molar-refractivity contribution in [3.8, 4) is 0 Å². The molecule has 118 valence electrons. The Kier molecular flexibility index (Phi) is 4.87. The monoisotopic (exact) mass is 323 g/mol. The molecule has 1 heterocycles. The summed E-state index contributed by atoms with van der Waals surface area (Å²) in [5, 5.41) is 0. The van der Waals surface area contributed by atoms with Gasteiger partial charge < -0.3 is 4.90 Å². The van der Waals surface area contributed by atoms with E-state index in [1.807, 2.05) is 29.4 Å². The first-order chi connectivity index (χ1) is 11.2. The highest BCUT2D eigenvalue weighted by molar-refractivity contribution is 8.03. The van der Waals surface area contributed by atoms with Crippen LogP contribution in [0.5, 0.6) is 0 Å². The summed E-state index contributed by atoms with van der Waals surface area (Å²) >= 11 is 1.57. The van der Waals surface area contributed by atoms with Gasteiger partial charge in [0, 0.05) is 13.1 Å². The fourth-order valence-corrected chi connectivity index (χ4v) is 3.92. The molecule has 3 heteroatoms. The van der Waals surface area contributed by atoms with E-state index in [0.717, 1.165) is 11.3 Å². The van der Waals surface area contributed by atoms with Crippen molar-refractivity contribution in [2.45, 2.75) is 26.4 Å². The maximum Gasteiger partial charge on any atom is 0.261 e. The van der Waals surface area contributed by atoms with Crippen LogP contribution >= 0.6 is 11.8 Å². The summed E-state index contributed by atoms with van der Waals surface area (Å²) in [7, 11) is 0. The third-order valence-electron chi connectivity index (χ3n) is 4.23. The smallest absolute Gasteiger partial charge is 0.261 e. The lowest BCUT2D eigenvalue weighted by atomic mass is 9.98. The SMILES string of the molecule is CCC1=C(SC)C(=O)N(Cc2ccccc2)Cc2ccccc21. The highest BCUT2D eigenvalue weighted by Gasteiger charge is 2.27. The maximum absolute atomic E-state index is 13.1. The highest BCUT2D eigenvalue weighted by Crippen LogP contribution is 2.35. The van der Waals surface area contributed by atoms with Crippen molar-refractivity contribution in [1.82, 2.24) is 4.90 Å². The van der Waals surface area contributed by atoms with E-state index < -0.39 is 0 Å². The summed E-state index contributed by atoms with van der Waals surface area (Å²) < 4.78 is 0. The Morgan fingerprint density at radius 3 is 2.43 bits per heavy atom. The van der Waals surface area contributed by atoms with Crippen LogP contribution in [-0.2, 0) is 17.9 Å². The molecule has 2 aromatic carbocycles. The molecule has 2 nitrogen and oxygen atoms in total. The average molecular weight is 323 g/mol.